The van der Waals surface area contributed by atoms with E-state index in [0.717, 1.165) is 0 Å². The summed E-state index contributed by atoms with van der Waals surface area (Å²) in [5.41, 5.74) is 0.219. The van der Waals surface area contributed by atoms with Gasteiger partial charge in [-0.1, -0.05) is 32.4 Å². The summed E-state index contributed by atoms with van der Waals surface area (Å²) in [5, 5.41) is 13.2. The Hall–Kier alpha value is -2.70. The van der Waals surface area contributed by atoms with Gasteiger partial charge in [0.05, 0.1) is 29.7 Å². The number of nitrogens with zero attached hydrogens (tertiary/aromatic N) is 2. The lowest BCUT2D eigenvalue weighted by Gasteiger charge is -2.24. The Bertz CT molecular complexity index is 784. The minimum Gasteiger partial charge on any atom is -0.548 e. The average Bonchev–Trinajstić information content (AvgIpc) is 2.55. The van der Waals surface area contributed by atoms with Gasteiger partial charge in [0.15, 0.2) is 0 Å². The van der Waals surface area contributed by atoms with Crippen molar-refractivity contribution in [3.63, 3.8) is 0 Å². The second-order valence-corrected chi connectivity index (χ2v) is 5.39. The summed E-state index contributed by atoms with van der Waals surface area (Å²) in [6.45, 7) is 3.12. The minimum absolute atomic E-state index is 0.169. The van der Waals surface area contributed by atoms with Crippen LogP contribution in [0.4, 0.5) is 0 Å². The van der Waals surface area contributed by atoms with E-state index in [0.29, 0.717) is 17.3 Å². The Kier molecular flexibility index (Phi) is 5.10. The topological polar surface area (TPSA) is 104 Å². The summed E-state index contributed by atoms with van der Waals surface area (Å²) >= 11 is 0. The molecule has 1 aromatic heterocycles. The van der Waals surface area contributed by atoms with Crippen LogP contribution in [0.3, 0.4) is 0 Å². The number of hydrogen-bond donors (Lipinski definition) is 1. The Labute approximate surface area is 133 Å². The number of para-hydroxylation sites is 1. The van der Waals surface area contributed by atoms with Crippen molar-refractivity contribution in [2.24, 2.45) is 5.92 Å². The number of hydrogen-bond acceptors (Lipinski definition) is 5. The van der Waals surface area contributed by atoms with Crippen LogP contribution in [-0.4, -0.2) is 28.0 Å². The molecule has 122 valence electrons. The van der Waals surface area contributed by atoms with Gasteiger partial charge in [0.2, 0.25) is 5.91 Å². The van der Waals surface area contributed by atoms with E-state index in [9.17, 15) is 19.5 Å². The van der Waals surface area contributed by atoms with Gasteiger partial charge in [-0.15, -0.1) is 0 Å². The Balaban J connectivity index is 2.47. The molecule has 1 N–H and O–H groups in total. The van der Waals surface area contributed by atoms with Gasteiger partial charge >= 0.3 is 0 Å². The smallest absolute Gasteiger partial charge is 0.261 e. The molecule has 1 heterocycles. The fourth-order valence-corrected chi connectivity index (χ4v) is 2.43. The number of carboxylic acid groups (broad SMARTS) is 1. The largest absolute Gasteiger partial charge is 0.548 e. The van der Waals surface area contributed by atoms with E-state index < -0.39 is 24.5 Å². The molecule has 0 aliphatic rings. The van der Waals surface area contributed by atoms with Crippen LogP contribution in [0.15, 0.2) is 35.4 Å². The van der Waals surface area contributed by atoms with E-state index in [-0.39, 0.29) is 11.5 Å². The summed E-state index contributed by atoms with van der Waals surface area (Å²) in [6, 6.07) is 6.04. The molecular weight excluding hydrogens is 298 g/mol. The highest BCUT2D eigenvalue weighted by atomic mass is 16.4. The number of carbonyl (C=O) groups excluding carboxylic acids is 2. The molecule has 0 saturated carbocycles. The molecule has 0 fully saturated rings. The quantitative estimate of drug-likeness (QED) is 0.798. The SMILES string of the molecule is CC[C@H](C)[C@@H](C(=O)NCC(=O)[O-])n1cnc2ccccc2c1=O. The van der Waals surface area contributed by atoms with Gasteiger partial charge in [0.1, 0.15) is 6.04 Å². The highest BCUT2D eigenvalue weighted by molar-refractivity contribution is 5.84. The fraction of sp³-hybridized carbons (Fsp3) is 0.375. The molecule has 0 bridgehead atoms. The lowest BCUT2D eigenvalue weighted by Crippen LogP contribution is -2.44. The zero-order valence-corrected chi connectivity index (χ0v) is 13.0. The Morgan fingerprint density at radius 2 is 2.04 bits per heavy atom. The predicted molar refractivity (Wildman–Crippen MR) is 82.5 cm³/mol. The van der Waals surface area contributed by atoms with Gasteiger partial charge in [-0.25, -0.2) is 4.98 Å². The normalized spacial score (nSPS) is 13.5. The van der Waals surface area contributed by atoms with Crippen LogP contribution >= 0.6 is 0 Å². The summed E-state index contributed by atoms with van der Waals surface area (Å²) in [4.78, 5) is 39.7. The molecule has 7 nitrogen and oxygen atoms in total. The Morgan fingerprint density at radius 3 is 2.70 bits per heavy atom. The maximum Gasteiger partial charge on any atom is 0.261 e. The molecule has 0 saturated heterocycles. The molecule has 1 amide bonds. The number of carboxylic acids is 1. The molecule has 0 radical (unpaired) electrons. The zero-order chi connectivity index (χ0) is 17.0. The lowest BCUT2D eigenvalue weighted by molar-refractivity contribution is -0.304. The van der Waals surface area contributed by atoms with E-state index in [1.165, 1.54) is 10.9 Å². The highest BCUT2D eigenvalue weighted by Gasteiger charge is 2.27. The van der Waals surface area contributed by atoms with E-state index in [4.69, 9.17) is 0 Å². The number of aromatic nitrogens is 2. The van der Waals surface area contributed by atoms with Crippen LogP contribution < -0.4 is 16.0 Å². The summed E-state index contributed by atoms with van der Waals surface area (Å²) in [6.07, 6.45) is 1.97. The van der Waals surface area contributed by atoms with Crippen molar-refractivity contribution < 1.29 is 14.7 Å². The van der Waals surface area contributed by atoms with Crippen molar-refractivity contribution in [1.29, 1.82) is 0 Å². The number of rotatable bonds is 6. The van der Waals surface area contributed by atoms with Crippen LogP contribution in [0.1, 0.15) is 26.3 Å². The fourth-order valence-electron chi connectivity index (χ4n) is 2.43. The van der Waals surface area contributed by atoms with E-state index in [1.54, 1.807) is 24.3 Å². The number of fused-ring (bicyclic) bond motifs is 1. The number of benzene rings is 1. The first-order valence-electron chi connectivity index (χ1n) is 7.39. The van der Waals surface area contributed by atoms with Gasteiger partial charge in [-0.2, -0.15) is 0 Å². The standard InChI is InChI=1S/C16H19N3O4/c1-3-10(2)14(15(22)17-8-13(20)21)19-9-18-12-7-5-4-6-11(12)16(19)23/h4-7,9-10,14H,3,8H2,1-2H3,(H,17,22)(H,20,21)/p-1/t10-,14-/m0/s1. The molecule has 0 aliphatic carbocycles. The minimum atomic E-state index is -1.38. The zero-order valence-electron chi connectivity index (χ0n) is 13.0. The molecule has 0 spiro atoms. The monoisotopic (exact) mass is 316 g/mol. The van der Waals surface area contributed by atoms with Gasteiger partial charge in [0, 0.05) is 0 Å². The van der Waals surface area contributed by atoms with Gasteiger partial charge in [0.25, 0.3) is 5.56 Å². The number of nitrogens with one attached hydrogen (secondary N) is 1. The van der Waals surface area contributed by atoms with Crippen LogP contribution in [0.25, 0.3) is 10.9 Å². The van der Waals surface area contributed by atoms with Crippen LogP contribution in [-0.2, 0) is 9.59 Å². The van der Waals surface area contributed by atoms with Gasteiger partial charge in [-0.3, -0.25) is 14.2 Å². The maximum atomic E-state index is 12.6. The molecule has 7 heteroatoms. The third-order valence-corrected chi connectivity index (χ3v) is 3.85. The molecule has 0 aliphatic heterocycles. The highest BCUT2D eigenvalue weighted by Crippen LogP contribution is 2.20. The average molecular weight is 316 g/mol. The second-order valence-electron chi connectivity index (χ2n) is 5.39. The molecule has 2 aromatic rings. The van der Waals surface area contributed by atoms with Crippen molar-refractivity contribution in [1.82, 2.24) is 14.9 Å². The third kappa shape index (κ3) is 3.56. The van der Waals surface area contributed by atoms with Gasteiger partial charge < -0.3 is 15.2 Å². The van der Waals surface area contributed by atoms with E-state index in [1.807, 2.05) is 13.8 Å². The summed E-state index contributed by atoms with van der Waals surface area (Å²) < 4.78 is 1.26. The first-order valence-corrected chi connectivity index (χ1v) is 7.39. The van der Waals surface area contributed by atoms with E-state index in [2.05, 4.69) is 10.3 Å². The van der Waals surface area contributed by atoms with Crippen LogP contribution in [0, 0.1) is 5.92 Å². The molecule has 2 atom stereocenters. The molecule has 0 unspecified atom stereocenters. The van der Waals surface area contributed by atoms with Crippen molar-refractivity contribution >= 4 is 22.8 Å². The van der Waals surface area contributed by atoms with Crippen LogP contribution in [0.2, 0.25) is 0 Å². The third-order valence-electron chi connectivity index (χ3n) is 3.85. The number of amides is 1. The summed E-state index contributed by atoms with van der Waals surface area (Å²) in [7, 11) is 0. The maximum absolute atomic E-state index is 12.6. The first-order chi connectivity index (χ1) is 11.0. The molecule has 2 rings (SSSR count). The molecule has 1 aromatic carbocycles. The lowest BCUT2D eigenvalue weighted by atomic mass is 9.98. The van der Waals surface area contributed by atoms with Gasteiger partial charge in [-0.05, 0) is 18.1 Å². The Morgan fingerprint density at radius 1 is 1.35 bits per heavy atom. The summed E-state index contributed by atoms with van der Waals surface area (Å²) in [5.74, 6) is -2.09. The van der Waals surface area contributed by atoms with Crippen molar-refractivity contribution in [3.8, 4) is 0 Å². The van der Waals surface area contributed by atoms with E-state index >= 15 is 0 Å². The molecule has 23 heavy (non-hydrogen) atoms. The van der Waals surface area contributed by atoms with Crippen molar-refractivity contribution in [2.75, 3.05) is 6.54 Å². The second kappa shape index (κ2) is 7.04. The first kappa shape index (κ1) is 16.7. The number of carbonyl (C=O) groups is 2. The van der Waals surface area contributed by atoms with Crippen molar-refractivity contribution in [3.05, 3.63) is 40.9 Å². The number of aliphatic carboxylic acids is 1. The van der Waals surface area contributed by atoms with Crippen LogP contribution in [0.5, 0.6) is 0 Å². The molecular formula is C16H18N3O4-. The van der Waals surface area contributed by atoms with Crippen molar-refractivity contribution in [2.45, 2.75) is 26.3 Å². The predicted octanol–water partition coefficient (Wildman–Crippen LogP) is -0.150.